The largest absolute Gasteiger partial charge is 0.495 e. The van der Waals surface area contributed by atoms with Crippen LogP contribution < -0.4 is 4.74 Å². The minimum Gasteiger partial charge on any atom is -0.495 e. The smallest absolute Gasteiger partial charge is 0.137 e. The van der Waals surface area contributed by atoms with Crippen LogP contribution in [0.5, 0.6) is 5.75 Å². The van der Waals surface area contributed by atoms with Crippen molar-refractivity contribution in [1.29, 1.82) is 0 Å². The van der Waals surface area contributed by atoms with Gasteiger partial charge in [0.05, 0.1) is 18.2 Å². The van der Waals surface area contributed by atoms with Crippen LogP contribution >= 0.6 is 11.6 Å². The van der Waals surface area contributed by atoms with Gasteiger partial charge in [-0.05, 0) is 36.0 Å². The Morgan fingerprint density at radius 3 is 2.76 bits per heavy atom. The van der Waals surface area contributed by atoms with Crippen molar-refractivity contribution in [2.75, 3.05) is 7.11 Å². The summed E-state index contributed by atoms with van der Waals surface area (Å²) in [7, 11) is 1.59. The summed E-state index contributed by atoms with van der Waals surface area (Å²) in [5, 5.41) is 11.0. The van der Waals surface area contributed by atoms with Crippen LogP contribution in [0.3, 0.4) is 0 Å². The average Bonchev–Trinajstić information content (AvgIpc) is 2.75. The Hall–Kier alpha value is -0.730. The van der Waals surface area contributed by atoms with Gasteiger partial charge in [0.1, 0.15) is 5.75 Å². The molecule has 0 radical (unpaired) electrons. The number of hydrogen-bond donors (Lipinski definition) is 1. The third kappa shape index (κ3) is 2.58. The number of ether oxygens (including phenoxy) is 1. The first kappa shape index (κ1) is 12.7. The Morgan fingerprint density at radius 1 is 1.41 bits per heavy atom. The molecule has 0 heterocycles. The molecule has 1 aliphatic carbocycles. The summed E-state index contributed by atoms with van der Waals surface area (Å²) in [6.45, 7) is 2.22. The van der Waals surface area contributed by atoms with E-state index in [0.29, 0.717) is 22.6 Å². The zero-order chi connectivity index (χ0) is 12.4. The Bertz CT molecular complexity index is 392. The van der Waals surface area contributed by atoms with Crippen molar-refractivity contribution >= 4 is 11.6 Å². The zero-order valence-electron chi connectivity index (χ0n) is 10.3. The highest BCUT2D eigenvalue weighted by Gasteiger charge is 2.30. The molecule has 94 valence electrons. The number of aliphatic hydroxyl groups excluding tert-OH is 1. The van der Waals surface area contributed by atoms with Crippen LogP contribution in [0.2, 0.25) is 5.02 Å². The Morgan fingerprint density at radius 2 is 2.18 bits per heavy atom. The van der Waals surface area contributed by atoms with Gasteiger partial charge < -0.3 is 9.84 Å². The lowest BCUT2D eigenvalue weighted by atomic mass is 9.88. The maximum absolute atomic E-state index is 10.4. The number of methoxy groups -OCH3 is 1. The molecular formula is C14H19ClO2. The summed E-state index contributed by atoms with van der Waals surface area (Å²) in [4.78, 5) is 0. The van der Waals surface area contributed by atoms with Crippen molar-refractivity contribution in [3.8, 4) is 5.75 Å². The molecule has 0 aromatic heterocycles. The first-order valence-corrected chi connectivity index (χ1v) is 6.52. The quantitative estimate of drug-likeness (QED) is 0.889. The molecule has 0 saturated heterocycles. The molecule has 0 aliphatic heterocycles. The van der Waals surface area contributed by atoms with E-state index in [1.54, 1.807) is 13.2 Å². The summed E-state index contributed by atoms with van der Waals surface area (Å²) in [6.07, 6.45) is 3.13. The maximum atomic E-state index is 10.4. The van der Waals surface area contributed by atoms with Gasteiger partial charge in [0, 0.05) is 0 Å². The molecule has 1 aromatic carbocycles. The lowest BCUT2D eigenvalue weighted by Gasteiger charge is -2.23. The fraction of sp³-hybridized carbons (Fsp3) is 0.571. The molecule has 3 atom stereocenters. The molecule has 1 aromatic rings. The first-order valence-electron chi connectivity index (χ1n) is 6.15. The van der Waals surface area contributed by atoms with E-state index in [2.05, 4.69) is 6.92 Å². The summed E-state index contributed by atoms with van der Waals surface area (Å²) in [6, 6.07) is 5.52. The number of aliphatic hydroxyl groups is 1. The van der Waals surface area contributed by atoms with Crippen LogP contribution in [0.15, 0.2) is 18.2 Å². The molecule has 3 unspecified atom stereocenters. The maximum Gasteiger partial charge on any atom is 0.137 e. The molecule has 1 fully saturated rings. The van der Waals surface area contributed by atoms with E-state index in [0.717, 1.165) is 12.0 Å². The van der Waals surface area contributed by atoms with Gasteiger partial charge in [0.15, 0.2) is 0 Å². The van der Waals surface area contributed by atoms with Crippen LogP contribution in [0.1, 0.15) is 37.9 Å². The van der Waals surface area contributed by atoms with E-state index in [1.807, 2.05) is 12.1 Å². The topological polar surface area (TPSA) is 29.5 Å². The van der Waals surface area contributed by atoms with Gasteiger partial charge in [-0.25, -0.2) is 0 Å². The van der Waals surface area contributed by atoms with E-state index in [-0.39, 0.29) is 0 Å². The summed E-state index contributed by atoms with van der Waals surface area (Å²) >= 11 is 5.98. The predicted octanol–water partition coefficient (Wildman–Crippen LogP) is 3.82. The van der Waals surface area contributed by atoms with Crippen molar-refractivity contribution in [2.45, 2.75) is 32.3 Å². The van der Waals surface area contributed by atoms with Crippen LogP contribution in [-0.4, -0.2) is 12.2 Å². The molecule has 1 N–H and O–H groups in total. The lowest BCUT2D eigenvalue weighted by Crippen LogP contribution is -2.15. The molecule has 17 heavy (non-hydrogen) atoms. The first-order chi connectivity index (χ1) is 8.13. The minimum atomic E-state index is -0.404. The third-order valence-corrected chi connectivity index (χ3v) is 4.16. The second-order valence-corrected chi connectivity index (χ2v) is 5.32. The van der Waals surface area contributed by atoms with Gasteiger partial charge >= 0.3 is 0 Å². The van der Waals surface area contributed by atoms with Gasteiger partial charge in [-0.2, -0.15) is 0 Å². The standard InChI is InChI=1S/C14H19ClO2/c1-9-4-3-5-11(9)14(16)10-6-7-12(15)13(8-10)17-2/h6-9,11,14,16H,3-5H2,1-2H3. The molecule has 0 bridgehead atoms. The summed E-state index contributed by atoms with van der Waals surface area (Å²) in [5.41, 5.74) is 0.907. The highest BCUT2D eigenvalue weighted by Crippen LogP contribution is 2.41. The molecule has 3 heteroatoms. The van der Waals surface area contributed by atoms with Crippen LogP contribution in [0, 0.1) is 11.8 Å². The van der Waals surface area contributed by atoms with Gasteiger partial charge in [0.2, 0.25) is 0 Å². The molecule has 0 spiro atoms. The fourth-order valence-electron chi connectivity index (χ4n) is 2.75. The number of hydrogen-bond acceptors (Lipinski definition) is 2. The SMILES string of the molecule is COc1cc(C(O)C2CCCC2C)ccc1Cl. The van der Waals surface area contributed by atoms with Gasteiger partial charge in [-0.1, -0.05) is 37.4 Å². The van der Waals surface area contributed by atoms with Crippen molar-refractivity contribution in [3.05, 3.63) is 28.8 Å². The van der Waals surface area contributed by atoms with Crippen molar-refractivity contribution in [3.63, 3.8) is 0 Å². The molecule has 2 rings (SSSR count). The van der Waals surface area contributed by atoms with E-state index >= 15 is 0 Å². The summed E-state index contributed by atoms with van der Waals surface area (Å²) < 4.78 is 5.18. The Kier molecular flexibility index (Phi) is 3.95. The van der Waals surface area contributed by atoms with E-state index in [1.165, 1.54) is 12.8 Å². The molecule has 1 saturated carbocycles. The van der Waals surface area contributed by atoms with Crippen molar-refractivity contribution < 1.29 is 9.84 Å². The minimum absolute atomic E-state index is 0.362. The van der Waals surface area contributed by atoms with E-state index < -0.39 is 6.10 Å². The molecule has 0 amide bonds. The van der Waals surface area contributed by atoms with Crippen molar-refractivity contribution in [1.82, 2.24) is 0 Å². The molecule has 1 aliphatic rings. The van der Waals surface area contributed by atoms with Gasteiger partial charge in [-0.15, -0.1) is 0 Å². The van der Waals surface area contributed by atoms with Crippen LogP contribution in [0.25, 0.3) is 0 Å². The average molecular weight is 255 g/mol. The Labute approximate surface area is 108 Å². The normalized spacial score (nSPS) is 25.9. The fourth-order valence-corrected chi connectivity index (χ4v) is 2.95. The van der Waals surface area contributed by atoms with Crippen LogP contribution in [0.4, 0.5) is 0 Å². The number of rotatable bonds is 3. The zero-order valence-corrected chi connectivity index (χ0v) is 11.1. The lowest BCUT2D eigenvalue weighted by molar-refractivity contribution is 0.0898. The Balaban J connectivity index is 2.21. The second-order valence-electron chi connectivity index (χ2n) is 4.91. The third-order valence-electron chi connectivity index (χ3n) is 3.85. The molecular weight excluding hydrogens is 236 g/mol. The van der Waals surface area contributed by atoms with E-state index in [4.69, 9.17) is 16.3 Å². The number of benzene rings is 1. The van der Waals surface area contributed by atoms with Gasteiger partial charge in [0.25, 0.3) is 0 Å². The summed E-state index contributed by atoms with van der Waals surface area (Å²) in [5.74, 6) is 1.58. The van der Waals surface area contributed by atoms with Crippen molar-refractivity contribution in [2.24, 2.45) is 11.8 Å². The molecule has 2 nitrogen and oxygen atoms in total. The predicted molar refractivity (Wildman–Crippen MR) is 69.5 cm³/mol. The highest BCUT2D eigenvalue weighted by molar-refractivity contribution is 6.32. The number of halogens is 1. The second kappa shape index (κ2) is 5.28. The van der Waals surface area contributed by atoms with Crippen LogP contribution in [-0.2, 0) is 0 Å². The van der Waals surface area contributed by atoms with Gasteiger partial charge in [-0.3, -0.25) is 0 Å². The van der Waals surface area contributed by atoms with E-state index in [9.17, 15) is 5.11 Å². The monoisotopic (exact) mass is 254 g/mol. The highest BCUT2D eigenvalue weighted by atomic mass is 35.5.